The minimum Gasteiger partial charge on any atom is -0.310 e. The van der Waals surface area contributed by atoms with E-state index in [2.05, 4.69) is 241 Å². The molecule has 11 aromatic rings. The van der Waals surface area contributed by atoms with E-state index in [0.29, 0.717) is 0 Å². The maximum atomic E-state index is 2.53. The van der Waals surface area contributed by atoms with Gasteiger partial charge < -0.3 is 4.90 Å². The SMILES string of the molecule is c1ccc(-c2ccc(N(c3ccc4c(c3)C3(c5ccccc5-4)c4ccccc4C4(c5ccccc5-c5ccccc54)c4ccccc43)c3ccc4c(c3)sc3ccccc34)cc2)cc1. The summed E-state index contributed by atoms with van der Waals surface area (Å²) in [5.74, 6) is 0. The van der Waals surface area contributed by atoms with Crippen LogP contribution in [0.4, 0.5) is 17.1 Å². The van der Waals surface area contributed by atoms with E-state index in [4.69, 9.17) is 0 Å². The Kier molecular flexibility index (Phi) is 7.47. The molecule has 0 unspecified atom stereocenters. The fraction of sp³-hybridized carbons (Fsp3) is 0.0323. The van der Waals surface area contributed by atoms with Crippen molar-refractivity contribution in [2.24, 2.45) is 0 Å². The van der Waals surface area contributed by atoms with Gasteiger partial charge in [0.25, 0.3) is 0 Å². The highest BCUT2D eigenvalue weighted by molar-refractivity contribution is 7.25. The Morgan fingerprint density at radius 3 is 1.27 bits per heavy atom. The van der Waals surface area contributed by atoms with Crippen molar-refractivity contribution in [3.8, 4) is 33.4 Å². The molecule has 0 saturated heterocycles. The van der Waals surface area contributed by atoms with Crippen LogP contribution in [0.15, 0.2) is 237 Å². The van der Waals surface area contributed by atoms with Crippen LogP contribution in [-0.4, -0.2) is 0 Å². The lowest BCUT2D eigenvalue weighted by atomic mass is 9.52. The molecule has 2 heteroatoms. The molecule has 0 radical (unpaired) electrons. The number of nitrogens with zero attached hydrogens (tertiary/aromatic N) is 1. The van der Waals surface area contributed by atoms with Crippen molar-refractivity contribution in [3.05, 3.63) is 281 Å². The van der Waals surface area contributed by atoms with Gasteiger partial charge in [-0.3, -0.25) is 0 Å². The van der Waals surface area contributed by atoms with Crippen LogP contribution in [0.3, 0.4) is 0 Å². The van der Waals surface area contributed by atoms with Crippen molar-refractivity contribution in [2.75, 3.05) is 4.90 Å². The first-order valence-corrected chi connectivity index (χ1v) is 23.1. The van der Waals surface area contributed by atoms with Crippen molar-refractivity contribution in [3.63, 3.8) is 0 Å². The Hall–Kier alpha value is -7.78. The zero-order chi connectivity index (χ0) is 42.0. The second kappa shape index (κ2) is 13.4. The van der Waals surface area contributed by atoms with E-state index in [-0.39, 0.29) is 0 Å². The van der Waals surface area contributed by atoms with E-state index in [1.54, 1.807) is 0 Å². The lowest BCUT2D eigenvalue weighted by Gasteiger charge is -2.49. The number of rotatable bonds is 4. The van der Waals surface area contributed by atoms with Crippen LogP contribution in [0.2, 0.25) is 0 Å². The number of fused-ring (bicyclic) bond motifs is 19. The third-order valence-electron chi connectivity index (χ3n) is 14.6. The molecular formula is C62H39NS. The molecule has 0 atom stereocenters. The Morgan fingerprint density at radius 2 is 0.672 bits per heavy atom. The standard InChI is InChI=1S/C62H39NS/c1-2-16-40(17-3-1)41-30-32-42(33-31-41)63(44-35-37-50-49-21-7-15-29-59(49)64-60(50)39-44)43-34-36-48-47-20-6-10-24-53(47)62(58(48)38-43)56-27-13-11-25-54(56)61(55-26-12-14-28-57(55)62)51-22-8-4-18-45(51)46-19-5-9-23-52(46)61/h1-39H. The molecule has 0 N–H and O–H groups in total. The maximum absolute atomic E-state index is 2.53. The minimum absolute atomic E-state index is 0.479. The summed E-state index contributed by atoms with van der Waals surface area (Å²) < 4.78 is 2.60. The largest absolute Gasteiger partial charge is 0.310 e. The van der Waals surface area contributed by atoms with E-state index in [0.717, 1.165) is 17.1 Å². The van der Waals surface area contributed by atoms with Crippen LogP contribution in [0.1, 0.15) is 44.5 Å². The van der Waals surface area contributed by atoms with Gasteiger partial charge in [0.2, 0.25) is 0 Å². The number of hydrogen-bond donors (Lipinski definition) is 0. The molecule has 1 heterocycles. The van der Waals surface area contributed by atoms with Crippen molar-refractivity contribution < 1.29 is 0 Å². The predicted octanol–water partition coefficient (Wildman–Crippen LogP) is 16.2. The number of thiophene rings is 1. The molecular weight excluding hydrogens is 791 g/mol. The topological polar surface area (TPSA) is 3.24 Å². The highest BCUT2D eigenvalue weighted by Crippen LogP contribution is 2.67. The first-order valence-electron chi connectivity index (χ1n) is 22.3. The second-order valence-electron chi connectivity index (χ2n) is 17.5. The molecule has 14 rings (SSSR count). The van der Waals surface area contributed by atoms with Crippen LogP contribution in [0.5, 0.6) is 0 Å². The fourth-order valence-electron chi connectivity index (χ4n) is 12.1. The Labute approximate surface area is 376 Å². The van der Waals surface area contributed by atoms with E-state index in [1.165, 1.54) is 98.1 Å². The van der Waals surface area contributed by atoms with E-state index < -0.39 is 10.8 Å². The first-order chi connectivity index (χ1) is 31.7. The summed E-state index contributed by atoms with van der Waals surface area (Å²) in [6.45, 7) is 0. The van der Waals surface area contributed by atoms with Crippen LogP contribution >= 0.6 is 11.3 Å². The molecule has 10 aromatic carbocycles. The lowest BCUT2D eigenvalue weighted by molar-refractivity contribution is 0.633. The van der Waals surface area contributed by atoms with Gasteiger partial charge in [0.15, 0.2) is 0 Å². The molecule has 3 aliphatic carbocycles. The lowest BCUT2D eigenvalue weighted by Crippen LogP contribution is -2.43. The normalized spacial score (nSPS) is 14.2. The van der Waals surface area contributed by atoms with Crippen LogP contribution < -0.4 is 4.90 Å². The second-order valence-corrected chi connectivity index (χ2v) is 18.6. The molecule has 0 saturated carbocycles. The Balaban J connectivity index is 1.05. The Bertz CT molecular complexity index is 3590. The molecule has 0 aliphatic heterocycles. The number of hydrogen-bond acceptors (Lipinski definition) is 2. The molecule has 298 valence electrons. The summed E-state index contributed by atoms with van der Waals surface area (Å²) >= 11 is 1.87. The molecule has 0 amide bonds. The van der Waals surface area contributed by atoms with Crippen molar-refractivity contribution in [1.82, 2.24) is 0 Å². The van der Waals surface area contributed by atoms with Gasteiger partial charge in [0.05, 0.1) is 10.8 Å². The molecule has 0 bridgehead atoms. The Morgan fingerprint density at radius 1 is 0.266 bits per heavy atom. The zero-order valence-corrected chi connectivity index (χ0v) is 35.7. The molecule has 2 spiro atoms. The maximum Gasteiger partial charge on any atom is 0.0720 e. The molecule has 1 aromatic heterocycles. The van der Waals surface area contributed by atoms with Crippen LogP contribution in [-0.2, 0) is 10.8 Å². The van der Waals surface area contributed by atoms with Gasteiger partial charge in [-0.1, -0.05) is 194 Å². The van der Waals surface area contributed by atoms with Gasteiger partial charge >= 0.3 is 0 Å². The summed E-state index contributed by atoms with van der Waals surface area (Å²) in [6, 6.07) is 89.1. The van der Waals surface area contributed by atoms with E-state index in [1.807, 2.05) is 11.3 Å². The average molecular weight is 830 g/mol. The summed E-state index contributed by atoms with van der Waals surface area (Å²) in [4.78, 5) is 2.47. The third kappa shape index (κ3) is 4.63. The predicted molar refractivity (Wildman–Crippen MR) is 268 cm³/mol. The quantitative estimate of drug-likeness (QED) is 0.171. The van der Waals surface area contributed by atoms with Gasteiger partial charge in [0.1, 0.15) is 0 Å². The highest BCUT2D eigenvalue weighted by Gasteiger charge is 2.58. The minimum atomic E-state index is -0.578. The summed E-state index contributed by atoms with van der Waals surface area (Å²) in [5.41, 5.74) is 20.7. The van der Waals surface area contributed by atoms with Gasteiger partial charge in [0, 0.05) is 37.2 Å². The molecule has 1 nitrogen and oxygen atoms in total. The van der Waals surface area contributed by atoms with Crippen molar-refractivity contribution in [1.29, 1.82) is 0 Å². The molecule has 3 aliphatic rings. The van der Waals surface area contributed by atoms with Crippen molar-refractivity contribution >= 4 is 48.6 Å². The van der Waals surface area contributed by atoms with Gasteiger partial charge in [-0.15, -0.1) is 11.3 Å². The number of anilines is 3. The fourth-order valence-corrected chi connectivity index (χ4v) is 13.2. The smallest absolute Gasteiger partial charge is 0.0720 e. The monoisotopic (exact) mass is 829 g/mol. The summed E-state index contributed by atoms with van der Waals surface area (Å²) in [7, 11) is 0. The van der Waals surface area contributed by atoms with Crippen LogP contribution in [0.25, 0.3) is 53.6 Å². The van der Waals surface area contributed by atoms with Gasteiger partial charge in [-0.2, -0.15) is 0 Å². The van der Waals surface area contributed by atoms with Crippen molar-refractivity contribution in [2.45, 2.75) is 10.8 Å². The third-order valence-corrected chi connectivity index (χ3v) is 15.7. The average Bonchev–Trinajstić information content (AvgIpc) is 3.99. The molecule has 0 fully saturated rings. The zero-order valence-electron chi connectivity index (χ0n) is 34.9. The van der Waals surface area contributed by atoms with Gasteiger partial charge in [-0.05, 0) is 120 Å². The van der Waals surface area contributed by atoms with Crippen LogP contribution in [0, 0.1) is 0 Å². The first kappa shape index (κ1) is 35.8. The van der Waals surface area contributed by atoms with Gasteiger partial charge in [-0.25, -0.2) is 0 Å². The number of benzene rings is 10. The van der Waals surface area contributed by atoms with E-state index in [9.17, 15) is 0 Å². The summed E-state index contributed by atoms with van der Waals surface area (Å²) in [5, 5.41) is 2.61. The summed E-state index contributed by atoms with van der Waals surface area (Å²) in [6.07, 6.45) is 0. The molecule has 64 heavy (non-hydrogen) atoms. The highest BCUT2D eigenvalue weighted by atomic mass is 32.1. The van der Waals surface area contributed by atoms with E-state index >= 15 is 0 Å².